The van der Waals surface area contributed by atoms with Crippen molar-refractivity contribution in [1.29, 1.82) is 0 Å². The number of nitrogens with two attached hydrogens (primary N) is 1. The third-order valence-corrected chi connectivity index (χ3v) is 2.49. The van der Waals surface area contributed by atoms with E-state index in [0.29, 0.717) is 6.54 Å². The summed E-state index contributed by atoms with van der Waals surface area (Å²) in [6, 6.07) is 7.74. The van der Waals surface area contributed by atoms with Gasteiger partial charge in [0.15, 0.2) is 0 Å². The van der Waals surface area contributed by atoms with Crippen LogP contribution in [0.2, 0.25) is 0 Å². The van der Waals surface area contributed by atoms with Crippen molar-refractivity contribution in [2.75, 3.05) is 13.7 Å². The number of benzene rings is 1. The van der Waals surface area contributed by atoms with Crippen LogP contribution in [0.25, 0.3) is 11.3 Å². The van der Waals surface area contributed by atoms with E-state index < -0.39 is 0 Å². The van der Waals surface area contributed by atoms with Gasteiger partial charge in [0, 0.05) is 18.2 Å². The van der Waals surface area contributed by atoms with Crippen LogP contribution in [0.1, 0.15) is 5.69 Å². The Hall–Kier alpha value is -1.94. The minimum atomic E-state index is 0.594. The van der Waals surface area contributed by atoms with Gasteiger partial charge in [-0.2, -0.15) is 0 Å². The topological polar surface area (TPSA) is 61.0 Å². The van der Waals surface area contributed by atoms with Crippen molar-refractivity contribution in [3.8, 4) is 17.0 Å². The Morgan fingerprint density at radius 2 is 1.88 bits per heavy atom. The molecule has 0 radical (unpaired) electrons. The number of hydrogen-bond donors (Lipinski definition) is 1. The van der Waals surface area contributed by atoms with Crippen LogP contribution in [0, 0.1) is 0 Å². The highest BCUT2D eigenvalue weighted by atomic mass is 16.5. The Morgan fingerprint density at radius 3 is 2.41 bits per heavy atom. The Morgan fingerprint density at radius 1 is 1.12 bits per heavy atom. The quantitative estimate of drug-likeness (QED) is 0.866. The van der Waals surface area contributed by atoms with Gasteiger partial charge in [0.1, 0.15) is 5.75 Å². The molecule has 17 heavy (non-hydrogen) atoms. The van der Waals surface area contributed by atoms with Crippen LogP contribution in [0.5, 0.6) is 5.75 Å². The fraction of sp³-hybridized carbons (Fsp3) is 0.231. The first-order chi connectivity index (χ1) is 8.33. The van der Waals surface area contributed by atoms with Gasteiger partial charge >= 0.3 is 0 Å². The molecule has 1 aromatic heterocycles. The Kier molecular flexibility index (Phi) is 3.67. The molecule has 0 atom stereocenters. The van der Waals surface area contributed by atoms with Crippen LogP contribution in [0.3, 0.4) is 0 Å². The summed E-state index contributed by atoms with van der Waals surface area (Å²) in [6.45, 7) is 0.594. The van der Waals surface area contributed by atoms with E-state index in [1.54, 1.807) is 19.5 Å². The van der Waals surface area contributed by atoms with Crippen LogP contribution < -0.4 is 10.5 Å². The highest BCUT2D eigenvalue weighted by Crippen LogP contribution is 2.19. The van der Waals surface area contributed by atoms with Gasteiger partial charge in [-0.15, -0.1) is 0 Å². The van der Waals surface area contributed by atoms with Gasteiger partial charge < -0.3 is 10.5 Å². The van der Waals surface area contributed by atoms with Crippen molar-refractivity contribution >= 4 is 0 Å². The standard InChI is InChI=1S/C13H15N3O/c1-17-12-4-2-10(3-5-12)13-9-15-11(6-7-14)8-16-13/h2-5,8-9H,6-7,14H2,1H3. The van der Waals surface area contributed by atoms with Gasteiger partial charge in [0.25, 0.3) is 0 Å². The molecule has 4 nitrogen and oxygen atoms in total. The fourth-order valence-electron chi connectivity index (χ4n) is 1.54. The third-order valence-electron chi connectivity index (χ3n) is 2.49. The lowest BCUT2D eigenvalue weighted by Crippen LogP contribution is -2.04. The molecule has 2 N–H and O–H groups in total. The summed E-state index contributed by atoms with van der Waals surface area (Å²) in [5, 5.41) is 0. The highest BCUT2D eigenvalue weighted by molar-refractivity contribution is 5.58. The van der Waals surface area contributed by atoms with Crippen molar-refractivity contribution in [2.45, 2.75) is 6.42 Å². The van der Waals surface area contributed by atoms with Crippen molar-refractivity contribution < 1.29 is 4.74 Å². The summed E-state index contributed by atoms with van der Waals surface area (Å²) in [5.41, 5.74) is 8.26. The summed E-state index contributed by atoms with van der Waals surface area (Å²) in [7, 11) is 1.65. The van der Waals surface area contributed by atoms with Crippen LogP contribution in [-0.4, -0.2) is 23.6 Å². The number of hydrogen-bond acceptors (Lipinski definition) is 4. The Balaban J connectivity index is 2.20. The molecule has 2 aromatic rings. The maximum atomic E-state index is 5.46. The second kappa shape index (κ2) is 5.41. The minimum Gasteiger partial charge on any atom is -0.497 e. The summed E-state index contributed by atoms with van der Waals surface area (Å²) >= 11 is 0. The zero-order valence-electron chi connectivity index (χ0n) is 9.76. The zero-order valence-corrected chi connectivity index (χ0v) is 9.76. The van der Waals surface area contributed by atoms with E-state index in [1.807, 2.05) is 24.3 Å². The molecule has 0 saturated heterocycles. The van der Waals surface area contributed by atoms with E-state index in [9.17, 15) is 0 Å². The smallest absolute Gasteiger partial charge is 0.118 e. The molecule has 0 spiro atoms. The molecule has 2 rings (SSSR count). The highest BCUT2D eigenvalue weighted by Gasteiger charge is 2.01. The number of aromatic nitrogens is 2. The van der Waals surface area contributed by atoms with E-state index in [4.69, 9.17) is 10.5 Å². The monoisotopic (exact) mass is 229 g/mol. The number of methoxy groups -OCH3 is 1. The molecule has 1 aromatic carbocycles. The van der Waals surface area contributed by atoms with E-state index in [1.165, 1.54) is 0 Å². The summed E-state index contributed by atoms with van der Waals surface area (Å²) in [6.07, 6.45) is 4.30. The fourth-order valence-corrected chi connectivity index (χ4v) is 1.54. The largest absolute Gasteiger partial charge is 0.497 e. The van der Waals surface area contributed by atoms with Crippen molar-refractivity contribution in [3.05, 3.63) is 42.4 Å². The predicted molar refractivity (Wildman–Crippen MR) is 66.8 cm³/mol. The van der Waals surface area contributed by atoms with Gasteiger partial charge in [-0.05, 0) is 30.8 Å². The molecule has 0 amide bonds. The molecule has 0 unspecified atom stereocenters. The minimum absolute atomic E-state index is 0.594. The van der Waals surface area contributed by atoms with Gasteiger partial charge in [0.05, 0.1) is 24.7 Å². The van der Waals surface area contributed by atoms with E-state index >= 15 is 0 Å². The Bertz CT molecular complexity index is 465. The van der Waals surface area contributed by atoms with E-state index in [2.05, 4.69) is 9.97 Å². The lowest BCUT2D eigenvalue weighted by Gasteiger charge is -2.03. The molecule has 0 fully saturated rings. The van der Waals surface area contributed by atoms with Crippen LogP contribution in [0.4, 0.5) is 0 Å². The van der Waals surface area contributed by atoms with Crippen LogP contribution in [-0.2, 0) is 6.42 Å². The molecule has 0 bridgehead atoms. The molecule has 0 aliphatic carbocycles. The molecule has 1 heterocycles. The first-order valence-electron chi connectivity index (χ1n) is 5.49. The maximum absolute atomic E-state index is 5.46. The average Bonchev–Trinajstić information content (AvgIpc) is 2.40. The number of nitrogens with zero attached hydrogens (tertiary/aromatic N) is 2. The van der Waals surface area contributed by atoms with Crippen LogP contribution >= 0.6 is 0 Å². The summed E-state index contributed by atoms with van der Waals surface area (Å²) < 4.78 is 5.11. The molecular formula is C13H15N3O. The normalized spacial score (nSPS) is 10.2. The van der Waals surface area contributed by atoms with Crippen molar-refractivity contribution in [2.24, 2.45) is 5.73 Å². The molecule has 0 aliphatic rings. The van der Waals surface area contributed by atoms with Crippen molar-refractivity contribution in [3.63, 3.8) is 0 Å². The second-order valence-electron chi connectivity index (χ2n) is 3.66. The molecular weight excluding hydrogens is 214 g/mol. The first-order valence-corrected chi connectivity index (χ1v) is 5.49. The third kappa shape index (κ3) is 2.79. The summed E-state index contributed by atoms with van der Waals surface area (Å²) in [5.74, 6) is 0.835. The average molecular weight is 229 g/mol. The Labute approximate surface area is 100 Å². The van der Waals surface area contributed by atoms with Crippen LogP contribution in [0.15, 0.2) is 36.7 Å². The number of ether oxygens (including phenoxy) is 1. The first kappa shape index (κ1) is 11.5. The van der Waals surface area contributed by atoms with E-state index in [0.717, 1.165) is 29.1 Å². The van der Waals surface area contributed by atoms with E-state index in [-0.39, 0.29) is 0 Å². The molecule has 0 aliphatic heterocycles. The predicted octanol–water partition coefficient (Wildman–Crippen LogP) is 1.65. The van der Waals surface area contributed by atoms with Gasteiger partial charge in [-0.25, -0.2) is 0 Å². The lowest BCUT2D eigenvalue weighted by molar-refractivity contribution is 0.415. The van der Waals surface area contributed by atoms with Gasteiger partial charge in [-0.1, -0.05) is 0 Å². The number of rotatable bonds is 4. The van der Waals surface area contributed by atoms with Crippen molar-refractivity contribution in [1.82, 2.24) is 9.97 Å². The lowest BCUT2D eigenvalue weighted by atomic mass is 10.1. The zero-order chi connectivity index (χ0) is 12.1. The SMILES string of the molecule is COc1ccc(-c2cnc(CCN)cn2)cc1. The second-order valence-corrected chi connectivity index (χ2v) is 3.66. The van der Waals surface area contributed by atoms with Gasteiger partial charge in [0.2, 0.25) is 0 Å². The van der Waals surface area contributed by atoms with Gasteiger partial charge in [-0.3, -0.25) is 9.97 Å². The summed E-state index contributed by atoms with van der Waals surface area (Å²) in [4.78, 5) is 8.68. The molecule has 0 saturated carbocycles. The molecule has 88 valence electrons. The maximum Gasteiger partial charge on any atom is 0.118 e. The molecule has 4 heteroatoms.